The number of thiazole rings is 1. The number of anilines is 2. The van der Waals surface area contributed by atoms with Gasteiger partial charge in [0, 0.05) is 23.0 Å². The highest BCUT2D eigenvalue weighted by atomic mass is 35.5. The average Bonchev–Trinajstić information content (AvgIpc) is 3.57. The van der Waals surface area contributed by atoms with Crippen LogP contribution >= 0.6 is 22.9 Å². The fraction of sp³-hybridized carbons (Fsp3) is 0.176. The molecule has 47 heavy (non-hydrogen) atoms. The van der Waals surface area contributed by atoms with E-state index >= 15 is 0 Å². The first-order valence-electron chi connectivity index (χ1n) is 14.6. The summed E-state index contributed by atoms with van der Waals surface area (Å²) in [5, 5.41) is 7.22. The van der Waals surface area contributed by atoms with E-state index < -0.39 is 9.84 Å². The Morgan fingerprint density at radius 2 is 1.83 bits per heavy atom. The monoisotopic (exact) mass is 688 g/mol. The standard InChI is InChI=1S/C34H30ClFN6O3S2/c1-22(42(2)13-14-47(43,44)26-9-4-3-5-10-26)34-41-31(20-46-34)29-17-27-30(18-37-29)38-21-39-33(27)40-25-11-12-32(28(35)16-25)45-19-23-7-6-8-24(36)15-23/h3-12,15-18,20-22H,13-14,19H2,1-2H3,(H,38,39,40). The summed E-state index contributed by atoms with van der Waals surface area (Å²) in [4.78, 5) is 20.6. The molecule has 0 radical (unpaired) electrons. The molecule has 0 saturated heterocycles. The lowest BCUT2D eigenvalue weighted by Crippen LogP contribution is -2.28. The van der Waals surface area contributed by atoms with Crippen LogP contribution in [0.3, 0.4) is 0 Å². The van der Waals surface area contributed by atoms with Gasteiger partial charge in [0.05, 0.1) is 44.8 Å². The van der Waals surface area contributed by atoms with Gasteiger partial charge in [0.1, 0.15) is 35.3 Å². The van der Waals surface area contributed by atoms with Gasteiger partial charge < -0.3 is 10.1 Å². The number of aromatic nitrogens is 4. The molecular formula is C34H30ClFN6O3S2. The van der Waals surface area contributed by atoms with Crippen LogP contribution in [0.1, 0.15) is 23.5 Å². The minimum Gasteiger partial charge on any atom is -0.487 e. The van der Waals surface area contributed by atoms with E-state index in [0.29, 0.717) is 56.2 Å². The van der Waals surface area contributed by atoms with E-state index in [4.69, 9.17) is 21.3 Å². The number of hydrogen-bond donors (Lipinski definition) is 1. The van der Waals surface area contributed by atoms with Gasteiger partial charge in [0.2, 0.25) is 0 Å². The zero-order valence-electron chi connectivity index (χ0n) is 25.5. The summed E-state index contributed by atoms with van der Waals surface area (Å²) in [6.45, 7) is 2.54. The number of halogens is 2. The minimum atomic E-state index is -3.39. The van der Waals surface area contributed by atoms with Crippen LogP contribution in [0.5, 0.6) is 5.75 Å². The minimum absolute atomic E-state index is 0.00790. The van der Waals surface area contributed by atoms with Crippen LogP contribution in [0.4, 0.5) is 15.9 Å². The number of sulfone groups is 1. The van der Waals surface area contributed by atoms with Crippen LogP contribution in [-0.2, 0) is 16.4 Å². The number of fused-ring (bicyclic) bond motifs is 1. The number of benzene rings is 3. The maximum atomic E-state index is 13.5. The van der Waals surface area contributed by atoms with Crippen LogP contribution in [0.2, 0.25) is 5.02 Å². The van der Waals surface area contributed by atoms with E-state index in [2.05, 4.69) is 20.3 Å². The largest absolute Gasteiger partial charge is 0.487 e. The molecule has 3 aromatic heterocycles. The first-order valence-corrected chi connectivity index (χ1v) is 17.6. The van der Waals surface area contributed by atoms with E-state index in [9.17, 15) is 12.8 Å². The van der Waals surface area contributed by atoms with Gasteiger partial charge in [-0.3, -0.25) is 9.88 Å². The third-order valence-electron chi connectivity index (χ3n) is 7.62. The number of ether oxygens (including phenoxy) is 1. The molecule has 9 nitrogen and oxygen atoms in total. The van der Waals surface area contributed by atoms with Crippen molar-refractivity contribution in [2.75, 3.05) is 24.7 Å². The van der Waals surface area contributed by atoms with Gasteiger partial charge in [-0.1, -0.05) is 41.9 Å². The Morgan fingerprint density at radius 1 is 1.00 bits per heavy atom. The molecule has 0 aliphatic carbocycles. The Labute approximate surface area is 281 Å². The lowest BCUT2D eigenvalue weighted by atomic mass is 10.2. The first-order chi connectivity index (χ1) is 22.7. The van der Waals surface area contributed by atoms with Gasteiger partial charge >= 0.3 is 0 Å². The molecule has 240 valence electrons. The Kier molecular flexibility index (Phi) is 9.73. The summed E-state index contributed by atoms with van der Waals surface area (Å²) >= 11 is 8.01. The molecule has 1 unspecified atom stereocenters. The summed E-state index contributed by atoms with van der Waals surface area (Å²) in [7, 11) is -1.49. The molecular weight excluding hydrogens is 659 g/mol. The molecule has 1 N–H and O–H groups in total. The zero-order valence-corrected chi connectivity index (χ0v) is 27.9. The van der Waals surface area contributed by atoms with Gasteiger partial charge in [-0.25, -0.2) is 27.8 Å². The van der Waals surface area contributed by atoms with E-state index in [1.54, 1.807) is 60.8 Å². The molecule has 0 amide bonds. The van der Waals surface area contributed by atoms with E-state index in [-0.39, 0.29) is 24.2 Å². The molecule has 0 aliphatic rings. The van der Waals surface area contributed by atoms with E-state index in [1.165, 1.54) is 29.8 Å². The molecule has 3 heterocycles. The second-order valence-electron chi connectivity index (χ2n) is 10.9. The van der Waals surface area contributed by atoms with Gasteiger partial charge in [-0.15, -0.1) is 11.3 Å². The van der Waals surface area contributed by atoms with Gasteiger partial charge in [0.25, 0.3) is 0 Å². The summed E-state index contributed by atoms with van der Waals surface area (Å²) in [6.07, 6.45) is 3.14. The lowest BCUT2D eigenvalue weighted by Gasteiger charge is -2.22. The maximum Gasteiger partial charge on any atom is 0.179 e. The number of nitrogens with zero attached hydrogens (tertiary/aromatic N) is 5. The van der Waals surface area contributed by atoms with Crippen LogP contribution in [0, 0.1) is 5.82 Å². The van der Waals surface area contributed by atoms with Crippen molar-refractivity contribution >= 4 is 55.2 Å². The van der Waals surface area contributed by atoms with E-state index in [1.807, 2.05) is 36.4 Å². The fourth-order valence-corrected chi connectivity index (χ4v) is 7.31. The highest BCUT2D eigenvalue weighted by molar-refractivity contribution is 7.91. The van der Waals surface area contributed by atoms with Crippen molar-refractivity contribution in [1.82, 2.24) is 24.8 Å². The van der Waals surface area contributed by atoms with Crippen LogP contribution < -0.4 is 10.1 Å². The van der Waals surface area contributed by atoms with Crippen molar-refractivity contribution in [3.8, 4) is 17.1 Å². The number of pyridine rings is 1. The average molecular weight is 689 g/mol. The SMILES string of the molecule is CC(c1nc(-c2cc3c(Nc4ccc(OCc5cccc(F)c5)c(Cl)c4)ncnc3cn2)cs1)N(C)CCS(=O)(=O)c1ccccc1. The predicted molar refractivity (Wildman–Crippen MR) is 183 cm³/mol. The van der Waals surface area contributed by atoms with Crippen molar-refractivity contribution in [2.24, 2.45) is 0 Å². The fourth-order valence-electron chi connectivity index (χ4n) is 4.81. The second-order valence-corrected chi connectivity index (χ2v) is 14.3. The Balaban J connectivity index is 1.15. The quantitative estimate of drug-likeness (QED) is 0.138. The van der Waals surface area contributed by atoms with Crippen molar-refractivity contribution in [1.29, 1.82) is 0 Å². The molecule has 0 fully saturated rings. The van der Waals surface area contributed by atoms with Crippen LogP contribution in [0.25, 0.3) is 22.3 Å². The number of nitrogens with one attached hydrogen (secondary N) is 1. The van der Waals surface area contributed by atoms with Crippen LogP contribution in [-0.4, -0.2) is 52.6 Å². The molecule has 6 aromatic rings. The Hall–Kier alpha value is -4.49. The molecule has 0 saturated carbocycles. The topological polar surface area (TPSA) is 110 Å². The van der Waals surface area contributed by atoms with Crippen molar-refractivity contribution in [3.05, 3.63) is 118 Å². The number of hydrogen-bond acceptors (Lipinski definition) is 10. The summed E-state index contributed by atoms with van der Waals surface area (Å²) in [5.41, 5.74) is 3.38. The van der Waals surface area contributed by atoms with Crippen molar-refractivity contribution in [3.63, 3.8) is 0 Å². The van der Waals surface area contributed by atoms with Gasteiger partial charge in [-0.2, -0.15) is 0 Å². The van der Waals surface area contributed by atoms with Crippen molar-refractivity contribution < 1.29 is 17.5 Å². The smallest absolute Gasteiger partial charge is 0.179 e. The maximum absolute atomic E-state index is 13.5. The second kappa shape index (κ2) is 14.1. The zero-order chi connectivity index (χ0) is 33.0. The Bertz CT molecular complexity index is 2130. The highest BCUT2D eigenvalue weighted by Gasteiger charge is 2.21. The molecule has 6 rings (SSSR count). The third-order valence-corrected chi connectivity index (χ3v) is 10.6. The van der Waals surface area contributed by atoms with Crippen molar-refractivity contribution in [2.45, 2.75) is 24.5 Å². The third kappa shape index (κ3) is 7.74. The normalized spacial score (nSPS) is 12.4. The van der Waals surface area contributed by atoms with Crippen LogP contribution in [0.15, 0.2) is 102 Å². The predicted octanol–water partition coefficient (Wildman–Crippen LogP) is 7.73. The highest BCUT2D eigenvalue weighted by Crippen LogP contribution is 2.33. The van der Waals surface area contributed by atoms with Gasteiger partial charge in [0.15, 0.2) is 9.84 Å². The first kappa shape index (κ1) is 32.5. The number of rotatable bonds is 12. The lowest BCUT2D eigenvalue weighted by molar-refractivity contribution is 0.276. The summed E-state index contributed by atoms with van der Waals surface area (Å²) < 4.78 is 44.8. The molecule has 13 heteroatoms. The molecule has 3 aromatic carbocycles. The molecule has 0 bridgehead atoms. The summed E-state index contributed by atoms with van der Waals surface area (Å²) in [5.74, 6) is 0.714. The molecule has 0 spiro atoms. The molecule has 0 aliphatic heterocycles. The summed E-state index contributed by atoms with van der Waals surface area (Å²) in [6, 6.07) is 21.8. The molecule has 1 atom stereocenters. The Morgan fingerprint density at radius 3 is 2.62 bits per heavy atom. The van der Waals surface area contributed by atoms with Gasteiger partial charge in [-0.05, 0) is 68.1 Å². The van der Waals surface area contributed by atoms with E-state index in [0.717, 1.165) is 10.4 Å².